The number of hydrogen-bond acceptors (Lipinski definition) is 7. The van der Waals surface area contributed by atoms with Gasteiger partial charge in [0.1, 0.15) is 11.5 Å². The molecule has 2 fully saturated rings. The summed E-state index contributed by atoms with van der Waals surface area (Å²) in [5.74, 6) is -0.0960. The predicted octanol–water partition coefficient (Wildman–Crippen LogP) is 3.99. The van der Waals surface area contributed by atoms with Crippen molar-refractivity contribution in [2.24, 2.45) is 0 Å². The molecule has 4 heterocycles. The van der Waals surface area contributed by atoms with Gasteiger partial charge >= 0.3 is 0 Å². The monoisotopic (exact) mass is 488 g/mol. The smallest absolute Gasteiger partial charge is 0.280 e. The number of anilines is 1. The number of rotatable bonds is 8. The summed E-state index contributed by atoms with van der Waals surface area (Å²) in [4.78, 5) is 38.2. The normalized spacial score (nSPS) is 23.6. The van der Waals surface area contributed by atoms with Crippen LogP contribution in [0.5, 0.6) is 0 Å². The number of fused-ring (bicyclic) bond motifs is 2. The molecule has 2 aliphatic rings. The molecule has 2 atom stereocenters. The van der Waals surface area contributed by atoms with Gasteiger partial charge in [0.05, 0.1) is 10.5 Å². The van der Waals surface area contributed by atoms with E-state index < -0.39 is 24.9 Å². The minimum atomic E-state index is -2.67. The number of nitrogens with zero attached hydrogens (tertiary/aromatic N) is 3. The summed E-state index contributed by atoms with van der Waals surface area (Å²) < 4.78 is 22.4. The molecule has 2 amide bonds. The van der Waals surface area contributed by atoms with Crippen molar-refractivity contribution in [3.8, 4) is 10.4 Å². The van der Waals surface area contributed by atoms with E-state index in [0.29, 0.717) is 4.88 Å². The Kier molecular flexibility index (Phi) is 5.89. The number of carbonyl (C=O) groups is 2. The Labute approximate surface area is 209 Å². The minimum Gasteiger partial charge on any atom is -0.389 e. The highest BCUT2D eigenvalue weighted by Gasteiger charge is 2.44. The lowest BCUT2D eigenvalue weighted by molar-refractivity contribution is 0.0692. The van der Waals surface area contributed by atoms with Gasteiger partial charge in [-0.25, -0.2) is 9.97 Å². The molecule has 184 valence electrons. The molecule has 0 aromatic carbocycles. The van der Waals surface area contributed by atoms with Crippen LogP contribution in [0.15, 0.2) is 12.3 Å². The maximum atomic E-state index is 13.7. The molecule has 8 nitrogen and oxygen atoms in total. The Morgan fingerprint density at radius 2 is 2.03 bits per heavy atom. The highest BCUT2D eigenvalue weighted by molar-refractivity contribution is 7.17. The van der Waals surface area contributed by atoms with Gasteiger partial charge in [0.25, 0.3) is 11.8 Å². The molecule has 3 N–H and O–H groups in total. The first-order chi connectivity index (χ1) is 17.3. The maximum Gasteiger partial charge on any atom is 0.280 e. The largest absolute Gasteiger partial charge is 0.389 e. The first-order valence-electron chi connectivity index (χ1n) is 13.4. The Morgan fingerprint density at radius 3 is 2.62 bits per heavy atom. The van der Waals surface area contributed by atoms with Gasteiger partial charge < -0.3 is 20.6 Å². The SMILES string of the molecule is [2H]C([2H])([2H])C(C)(O)CNC(=O)c1nc(C(=O)N2C3CCC2CC3)c(-c2cnc(N[C@H](C)CC)cc2C)s1. The average Bonchev–Trinajstić information content (AvgIpc) is 3.56. The van der Waals surface area contributed by atoms with E-state index >= 15 is 0 Å². The first-order valence-corrected chi connectivity index (χ1v) is 12.7. The van der Waals surface area contributed by atoms with Crippen LogP contribution in [0.1, 0.15) is 89.7 Å². The van der Waals surface area contributed by atoms with Gasteiger partial charge in [-0.3, -0.25) is 9.59 Å². The van der Waals surface area contributed by atoms with Crippen molar-refractivity contribution in [3.63, 3.8) is 0 Å². The Morgan fingerprint density at radius 1 is 1.35 bits per heavy atom. The number of amides is 2. The number of carbonyl (C=O) groups excluding carboxylic acids is 2. The molecule has 0 aliphatic carbocycles. The summed E-state index contributed by atoms with van der Waals surface area (Å²) in [7, 11) is 0. The minimum absolute atomic E-state index is 0.0347. The average molecular weight is 489 g/mol. The van der Waals surface area contributed by atoms with Crippen LogP contribution in [0.4, 0.5) is 5.82 Å². The van der Waals surface area contributed by atoms with Crippen LogP contribution < -0.4 is 10.6 Å². The van der Waals surface area contributed by atoms with Crippen molar-refractivity contribution in [3.05, 3.63) is 28.5 Å². The van der Waals surface area contributed by atoms with Gasteiger partial charge in [0.15, 0.2) is 5.01 Å². The van der Waals surface area contributed by atoms with Crippen LogP contribution in [0, 0.1) is 6.92 Å². The molecule has 2 aromatic heterocycles. The summed E-state index contributed by atoms with van der Waals surface area (Å²) >= 11 is 1.07. The number of hydrogen-bond donors (Lipinski definition) is 3. The van der Waals surface area contributed by atoms with E-state index in [-0.39, 0.29) is 34.7 Å². The molecule has 4 rings (SSSR count). The standard InChI is InChI=1S/C25H35N5O3S/c1-6-15(3)28-19-11-14(2)18(12-26-19)21-20(24(32)30-16-7-8-17(30)10-9-16)29-23(34-21)22(31)27-13-25(4,5)33/h11-12,15-17,33H,6-10,13H2,1-5H3,(H,26,28)(H,27,31)/t15-,16?,17?/m1/s1/i4D3/t15-,16?,17?,25?. The van der Waals surface area contributed by atoms with Crippen molar-refractivity contribution in [1.29, 1.82) is 0 Å². The molecule has 2 bridgehead atoms. The van der Waals surface area contributed by atoms with Crippen LogP contribution in [0.3, 0.4) is 0 Å². The number of aliphatic hydroxyl groups is 1. The summed E-state index contributed by atoms with van der Waals surface area (Å²) in [5, 5.41) is 16.1. The maximum absolute atomic E-state index is 13.7. The molecule has 9 heteroatoms. The van der Waals surface area contributed by atoms with Gasteiger partial charge in [-0.15, -0.1) is 11.3 Å². The van der Waals surface area contributed by atoms with E-state index in [4.69, 9.17) is 4.11 Å². The Balaban J connectivity index is 1.67. The van der Waals surface area contributed by atoms with E-state index in [2.05, 4.69) is 34.4 Å². The quantitative estimate of drug-likeness (QED) is 0.519. The van der Waals surface area contributed by atoms with E-state index in [1.807, 2.05) is 17.9 Å². The summed E-state index contributed by atoms with van der Waals surface area (Å²) in [5.41, 5.74) is -0.283. The zero-order valence-corrected chi connectivity index (χ0v) is 21.0. The third kappa shape index (κ3) is 5.10. The van der Waals surface area contributed by atoms with Crippen molar-refractivity contribution in [1.82, 2.24) is 20.2 Å². The number of nitrogens with one attached hydrogen (secondary N) is 2. The Hall–Kier alpha value is -2.52. The van der Waals surface area contributed by atoms with Gasteiger partial charge in [-0.1, -0.05) is 6.92 Å². The van der Waals surface area contributed by atoms with Crippen LogP contribution >= 0.6 is 11.3 Å². The van der Waals surface area contributed by atoms with Crippen LogP contribution in [0.2, 0.25) is 0 Å². The zero-order valence-electron chi connectivity index (χ0n) is 23.1. The molecular formula is C25H35N5O3S. The molecule has 2 saturated heterocycles. The molecule has 0 spiro atoms. The number of pyridine rings is 1. The van der Waals surface area contributed by atoms with Gasteiger partial charge in [-0.05, 0) is 71.4 Å². The highest BCUT2D eigenvalue weighted by Crippen LogP contribution is 2.41. The topological polar surface area (TPSA) is 107 Å². The number of aromatic nitrogens is 2. The molecule has 34 heavy (non-hydrogen) atoms. The zero-order chi connectivity index (χ0) is 27.1. The third-order valence-corrected chi connectivity index (χ3v) is 7.75. The molecule has 1 unspecified atom stereocenters. The lowest BCUT2D eigenvalue weighted by atomic mass is 10.0. The summed E-state index contributed by atoms with van der Waals surface area (Å²) in [6.07, 6.45) is 6.55. The van der Waals surface area contributed by atoms with E-state index in [1.165, 1.54) is 0 Å². The molecular weight excluding hydrogens is 450 g/mol. The van der Waals surface area contributed by atoms with Crippen molar-refractivity contribution < 1.29 is 18.8 Å². The molecule has 2 aliphatic heterocycles. The van der Waals surface area contributed by atoms with E-state index in [0.717, 1.165) is 67.3 Å². The summed E-state index contributed by atoms with van der Waals surface area (Å²) in [6, 6.07) is 2.56. The van der Waals surface area contributed by atoms with Crippen molar-refractivity contribution in [2.45, 2.75) is 90.4 Å². The fourth-order valence-corrected chi connectivity index (χ4v) is 5.71. The Bertz CT molecular complexity index is 1160. The summed E-state index contributed by atoms with van der Waals surface area (Å²) in [6.45, 7) is 4.09. The van der Waals surface area contributed by atoms with Crippen molar-refractivity contribution >= 4 is 29.0 Å². The predicted molar refractivity (Wildman–Crippen MR) is 134 cm³/mol. The second-order valence-corrected chi connectivity index (χ2v) is 10.7. The number of thiazole rings is 1. The first kappa shape index (κ1) is 20.8. The molecule has 0 radical (unpaired) electrons. The van der Waals surface area contributed by atoms with Crippen molar-refractivity contribution in [2.75, 3.05) is 11.9 Å². The van der Waals surface area contributed by atoms with Gasteiger partial charge in [-0.2, -0.15) is 0 Å². The third-order valence-electron chi connectivity index (χ3n) is 6.67. The van der Waals surface area contributed by atoms with Crippen LogP contribution in [0.25, 0.3) is 10.4 Å². The van der Waals surface area contributed by atoms with Gasteiger partial charge in [0.2, 0.25) is 0 Å². The highest BCUT2D eigenvalue weighted by atomic mass is 32.1. The van der Waals surface area contributed by atoms with Crippen LogP contribution in [-0.4, -0.2) is 62.1 Å². The van der Waals surface area contributed by atoms with Crippen LogP contribution in [-0.2, 0) is 0 Å². The fraction of sp³-hybridized carbons (Fsp3) is 0.600. The second kappa shape index (κ2) is 9.62. The van der Waals surface area contributed by atoms with E-state index in [1.54, 1.807) is 6.20 Å². The van der Waals surface area contributed by atoms with Gasteiger partial charge in [0, 0.05) is 40.5 Å². The lowest BCUT2D eigenvalue weighted by Crippen LogP contribution is -2.38. The second-order valence-electron chi connectivity index (χ2n) is 9.67. The fourth-order valence-electron chi connectivity index (χ4n) is 4.67. The molecule has 2 aromatic rings. The lowest BCUT2D eigenvalue weighted by Gasteiger charge is -2.21. The number of aryl methyl sites for hydroxylation is 1. The molecule has 0 saturated carbocycles. The van der Waals surface area contributed by atoms with E-state index in [9.17, 15) is 14.7 Å².